The van der Waals surface area contributed by atoms with Gasteiger partial charge in [-0.1, -0.05) is 19.1 Å². The molecule has 25 heavy (non-hydrogen) atoms. The molecule has 5 nitrogen and oxygen atoms in total. The molecule has 1 aromatic carbocycles. The topological polar surface area (TPSA) is 55.2 Å². The maximum atomic E-state index is 12.9. The normalized spacial score (nSPS) is 17.3. The van der Waals surface area contributed by atoms with Crippen molar-refractivity contribution in [3.05, 3.63) is 52.4 Å². The van der Waals surface area contributed by atoms with E-state index in [1.165, 1.54) is 22.2 Å². The first-order valence-electron chi connectivity index (χ1n) is 8.12. The third-order valence-corrected chi connectivity index (χ3v) is 6.36. The lowest BCUT2D eigenvalue weighted by atomic mass is 10.2. The highest BCUT2D eigenvalue weighted by molar-refractivity contribution is 8.00. The fourth-order valence-electron chi connectivity index (χ4n) is 2.98. The zero-order valence-corrected chi connectivity index (χ0v) is 15.3. The molecule has 0 fully saturated rings. The summed E-state index contributed by atoms with van der Waals surface area (Å²) < 4.78 is 1.40. The number of nitrogens with zero attached hydrogens (tertiary/aromatic N) is 3. The van der Waals surface area contributed by atoms with Gasteiger partial charge in [-0.25, -0.2) is 4.98 Å². The van der Waals surface area contributed by atoms with E-state index in [4.69, 9.17) is 0 Å². The number of thiophene rings is 1. The molecule has 2 aromatic heterocycles. The zero-order valence-electron chi connectivity index (χ0n) is 13.7. The first-order chi connectivity index (χ1) is 12.1. The van der Waals surface area contributed by atoms with Crippen LogP contribution in [0.2, 0.25) is 0 Å². The van der Waals surface area contributed by atoms with E-state index in [0.29, 0.717) is 22.0 Å². The van der Waals surface area contributed by atoms with E-state index in [1.807, 2.05) is 29.6 Å². The van der Waals surface area contributed by atoms with Gasteiger partial charge in [-0.15, -0.1) is 23.1 Å². The molecule has 0 unspecified atom stereocenters. The first kappa shape index (κ1) is 16.4. The first-order valence-corrected chi connectivity index (χ1v) is 9.88. The summed E-state index contributed by atoms with van der Waals surface area (Å²) in [5.74, 6) is -0.0828. The molecule has 0 saturated carbocycles. The Morgan fingerprint density at radius 1 is 1.32 bits per heavy atom. The lowest BCUT2D eigenvalue weighted by molar-refractivity contribution is -0.119. The zero-order chi connectivity index (χ0) is 17.4. The van der Waals surface area contributed by atoms with Crippen LogP contribution in [-0.4, -0.2) is 27.3 Å². The van der Waals surface area contributed by atoms with E-state index in [9.17, 15) is 9.59 Å². The Balaban J connectivity index is 1.66. The van der Waals surface area contributed by atoms with Gasteiger partial charge in [-0.05, 0) is 30.0 Å². The smallest absolute Gasteiger partial charge is 0.262 e. The van der Waals surface area contributed by atoms with Gasteiger partial charge in [-0.2, -0.15) is 0 Å². The van der Waals surface area contributed by atoms with Crippen molar-refractivity contribution in [2.45, 2.75) is 30.0 Å². The molecule has 7 heteroatoms. The van der Waals surface area contributed by atoms with E-state index in [2.05, 4.69) is 11.9 Å². The SMILES string of the molecule is C[C@H]1CCN(C(=O)Cn2cnc3sccc3c2=O)c2ccccc2S1. The number of fused-ring (bicyclic) bond motifs is 2. The third kappa shape index (κ3) is 3.09. The molecular formula is C18H17N3O2S2. The highest BCUT2D eigenvalue weighted by atomic mass is 32.2. The van der Waals surface area contributed by atoms with E-state index in [0.717, 1.165) is 17.0 Å². The van der Waals surface area contributed by atoms with Crippen molar-refractivity contribution < 1.29 is 4.79 Å². The van der Waals surface area contributed by atoms with Crippen molar-refractivity contribution in [2.24, 2.45) is 0 Å². The van der Waals surface area contributed by atoms with Gasteiger partial charge in [0.05, 0.1) is 17.4 Å². The van der Waals surface area contributed by atoms with Crippen LogP contribution in [-0.2, 0) is 11.3 Å². The largest absolute Gasteiger partial charge is 0.310 e. The van der Waals surface area contributed by atoms with Gasteiger partial charge < -0.3 is 4.90 Å². The van der Waals surface area contributed by atoms with Gasteiger partial charge in [0.2, 0.25) is 5.91 Å². The maximum Gasteiger partial charge on any atom is 0.262 e. The van der Waals surface area contributed by atoms with Gasteiger partial charge in [0.25, 0.3) is 5.56 Å². The summed E-state index contributed by atoms with van der Waals surface area (Å²) in [4.78, 5) is 33.4. The highest BCUT2D eigenvalue weighted by Crippen LogP contribution is 2.37. The second-order valence-corrected chi connectivity index (χ2v) is 8.42. The summed E-state index contributed by atoms with van der Waals surface area (Å²) in [7, 11) is 0. The van der Waals surface area contributed by atoms with Crippen LogP contribution in [0.15, 0.2) is 51.7 Å². The molecule has 0 aliphatic carbocycles. The van der Waals surface area contributed by atoms with Crippen LogP contribution < -0.4 is 10.5 Å². The highest BCUT2D eigenvalue weighted by Gasteiger charge is 2.24. The van der Waals surface area contributed by atoms with Crippen LogP contribution in [0.3, 0.4) is 0 Å². The summed E-state index contributed by atoms with van der Waals surface area (Å²) >= 11 is 3.22. The van der Waals surface area contributed by atoms with Crippen LogP contribution in [0, 0.1) is 0 Å². The monoisotopic (exact) mass is 371 g/mol. The molecule has 3 heterocycles. The average Bonchev–Trinajstić information content (AvgIpc) is 3.01. The van der Waals surface area contributed by atoms with Gasteiger partial charge in [0.1, 0.15) is 11.4 Å². The maximum absolute atomic E-state index is 12.9. The summed E-state index contributed by atoms with van der Waals surface area (Å²) in [6, 6.07) is 9.72. The third-order valence-electron chi connectivity index (χ3n) is 4.30. The van der Waals surface area contributed by atoms with Crippen LogP contribution in [0.4, 0.5) is 5.69 Å². The van der Waals surface area contributed by atoms with Gasteiger partial charge >= 0.3 is 0 Å². The fraction of sp³-hybridized carbons (Fsp3) is 0.278. The quantitative estimate of drug-likeness (QED) is 0.693. The van der Waals surface area contributed by atoms with Crippen LogP contribution in [0.5, 0.6) is 0 Å². The molecule has 0 spiro atoms. The van der Waals surface area contributed by atoms with Crippen LogP contribution in [0.1, 0.15) is 13.3 Å². The van der Waals surface area contributed by atoms with Gasteiger partial charge in [0.15, 0.2) is 0 Å². The van der Waals surface area contributed by atoms with Crippen molar-refractivity contribution in [2.75, 3.05) is 11.4 Å². The molecule has 0 bridgehead atoms. The van der Waals surface area contributed by atoms with E-state index in [1.54, 1.807) is 22.7 Å². The Morgan fingerprint density at radius 3 is 3.04 bits per heavy atom. The fourth-order valence-corrected chi connectivity index (χ4v) is 4.82. The van der Waals surface area contributed by atoms with E-state index >= 15 is 0 Å². The van der Waals surface area contributed by atoms with Crippen LogP contribution >= 0.6 is 23.1 Å². The number of carbonyl (C=O) groups is 1. The molecule has 1 atom stereocenters. The summed E-state index contributed by atoms with van der Waals surface area (Å²) in [5.41, 5.74) is 0.768. The predicted octanol–water partition coefficient (Wildman–Crippen LogP) is 3.38. The van der Waals surface area contributed by atoms with Crippen molar-refractivity contribution in [1.82, 2.24) is 9.55 Å². The number of carbonyl (C=O) groups excluding carboxylic acids is 1. The Morgan fingerprint density at radius 2 is 2.16 bits per heavy atom. The average molecular weight is 371 g/mol. The Kier molecular flexibility index (Phi) is 4.35. The lowest BCUT2D eigenvalue weighted by Gasteiger charge is -2.22. The minimum atomic E-state index is -0.162. The Labute approximate surface area is 153 Å². The molecule has 1 amide bonds. The molecule has 1 aliphatic heterocycles. The number of rotatable bonds is 2. The molecule has 128 valence electrons. The summed E-state index contributed by atoms with van der Waals surface area (Å²) in [5, 5.41) is 2.86. The molecule has 1 aliphatic rings. The van der Waals surface area contributed by atoms with Gasteiger partial charge in [0, 0.05) is 16.7 Å². The number of anilines is 1. The second kappa shape index (κ2) is 6.65. The molecule has 0 N–H and O–H groups in total. The van der Waals surface area contributed by atoms with Crippen molar-refractivity contribution in [1.29, 1.82) is 0 Å². The number of amides is 1. The van der Waals surface area contributed by atoms with Crippen LogP contribution in [0.25, 0.3) is 10.2 Å². The molecule has 3 aromatic rings. The summed E-state index contributed by atoms with van der Waals surface area (Å²) in [6.45, 7) is 2.84. The van der Waals surface area contributed by atoms with Gasteiger partial charge in [-0.3, -0.25) is 14.2 Å². The van der Waals surface area contributed by atoms with Crippen molar-refractivity contribution in [3.8, 4) is 0 Å². The number of thioether (sulfide) groups is 1. The lowest BCUT2D eigenvalue weighted by Crippen LogP contribution is -2.37. The number of hydrogen-bond donors (Lipinski definition) is 0. The van der Waals surface area contributed by atoms with Crippen molar-refractivity contribution >= 4 is 44.9 Å². The standard InChI is InChI=1S/C18H17N3O2S2/c1-12-6-8-21(14-4-2-3-5-15(14)25-12)16(22)10-20-11-19-17-13(18(20)23)7-9-24-17/h2-5,7,9,11-12H,6,8,10H2,1H3/t12-/m0/s1. The number of para-hydroxylation sites is 1. The number of aromatic nitrogens is 2. The molecule has 0 saturated heterocycles. The molecule has 0 radical (unpaired) electrons. The minimum absolute atomic E-state index is 0.00496. The predicted molar refractivity (Wildman–Crippen MR) is 103 cm³/mol. The number of hydrogen-bond acceptors (Lipinski definition) is 5. The number of benzene rings is 1. The summed E-state index contributed by atoms with van der Waals surface area (Å²) in [6.07, 6.45) is 2.39. The Hall–Kier alpha value is -2.12. The van der Waals surface area contributed by atoms with E-state index < -0.39 is 0 Å². The minimum Gasteiger partial charge on any atom is -0.310 e. The second-order valence-electron chi connectivity index (χ2n) is 6.05. The van der Waals surface area contributed by atoms with Crippen molar-refractivity contribution in [3.63, 3.8) is 0 Å². The Bertz CT molecular complexity index is 995. The molecule has 4 rings (SSSR count). The van der Waals surface area contributed by atoms with E-state index in [-0.39, 0.29) is 18.0 Å². The molecular weight excluding hydrogens is 354 g/mol.